The Morgan fingerprint density at radius 3 is 1.06 bits per heavy atom. The van der Waals surface area contributed by atoms with Gasteiger partial charge in [-0.2, -0.15) is 0 Å². The highest BCUT2D eigenvalue weighted by molar-refractivity contribution is 8.00. The summed E-state index contributed by atoms with van der Waals surface area (Å²) in [4.78, 5) is 2.31. The highest BCUT2D eigenvalue weighted by Gasteiger charge is 2.24. The van der Waals surface area contributed by atoms with Crippen molar-refractivity contribution in [2.24, 2.45) is 0 Å². The molecule has 1 nitrogen and oxygen atoms in total. The molecule has 5 rings (SSSR count). The fourth-order valence-electron chi connectivity index (χ4n) is 3.46. The number of hydrogen-bond donors (Lipinski definition) is 0. The van der Waals surface area contributed by atoms with E-state index in [1.165, 1.54) is 0 Å². The summed E-state index contributed by atoms with van der Waals surface area (Å²) in [5.74, 6) is 0. The zero-order valence-electron chi connectivity index (χ0n) is 16.8. The highest BCUT2D eigenvalue weighted by Crippen LogP contribution is 2.50. The van der Waals surface area contributed by atoms with Crippen LogP contribution in [0.2, 0.25) is 0 Å². The third kappa shape index (κ3) is 4.48. The van der Waals surface area contributed by atoms with Gasteiger partial charge in [0.25, 0.3) is 0 Å². The Hall–Kier alpha value is -3.14. The second kappa shape index (κ2) is 9.34. The van der Waals surface area contributed by atoms with Gasteiger partial charge in [-0.3, -0.25) is 0 Å². The van der Waals surface area contributed by atoms with Crippen LogP contribution in [0, 0.1) is 0 Å². The Morgan fingerprint density at radius 2 is 0.710 bits per heavy atom. The largest absolute Gasteiger partial charge is 0.442 e. The molecular formula is C28H20OS2. The Bertz CT molecular complexity index is 1150. The summed E-state index contributed by atoms with van der Waals surface area (Å²) in [7, 11) is 0. The average molecular weight is 437 g/mol. The molecule has 0 atom stereocenters. The van der Waals surface area contributed by atoms with Gasteiger partial charge in [0.1, 0.15) is 0 Å². The molecule has 0 aliphatic heterocycles. The van der Waals surface area contributed by atoms with Crippen LogP contribution in [-0.4, -0.2) is 0 Å². The summed E-state index contributed by atoms with van der Waals surface area (Å²) in [6, 6.07) is 41.8. The van der Waals surface area contributed by atoms with Crippen molar-refractivity contribution >= 4 is 23.5 Å². The SMILES string of the molecule is c1ccc(Sc2oc(Sc3ccccc3)c(-c3ccccc3)c2-c2ccccc2)cc1. The first-order valence-corrected chi connectivity index (χ1v) is 11.8. The minimum atomic E-state index is 0.912. The zero-order chi connectivity index (χ0) is 20.9. The lowest BCUT2D eigenvalue weighted by Gasteiger charge is -2.08. The molecule has 0 unspecified atom stereocenters. The van der Waals surface area contributed by atoms with E-state index in [0.29, 0.717) is 0 Å². The number of rotatable bonds is 6. The predicted molar refractivity (Wildman–Crippen MR) is 131 cm³/mol. The van der Waals surface area contributed by atoms with Crippen LogP contribution in [0.3, 0.4) is 0 Å². The standard InChI is InChI=1S/C28H20OS2/c1-5-13-21(14-6-1)25-26(22-15-7-2-8-16-22)28(31-24-19-11-4-12-20-24)29-27(25)30-23-17-9-3-10-18-23/h1-20H. The highest BCUT2D eigenvalue weighted by atomic mass is 32.2. The fraction of sp³-hybridized carbons (Fsp3) is 0. The Kier molecular flexibility index (Phi) is 5.96. The summed E-state index contributed by atoms with van der Waals surface area (Å²) < 4.78 is 6.59. The molecule has 5 aromatic rings. The van der Waals surface area contributed by atoms with Crippen LogP contribution < -0.4 is 0 Å². The molecule has 1 heterocycles. The van der Waals surface area contributed by atoms with Crippen molar-refractivity contribution < 1.29 is 4.42 Å². The van der Waals surface area contributed by atoms with E-state index in [1.807, 2.05) is 12.1 Å². The molecule has 0 spiro atoms. The van der Waals surface area contributed by atoms with Gasteiger partial charge >= 0.3 is 0 Å². The van der Waals surface area contributed by atoms with E-state index in [2.05, 4.69) is 109 Å². The molecule has 0 aliphatic carbocycles. The molecule has 0 radical (unpaired) electrons. The molecule has 3 heteroatoms. The van der Waals surface area contributed by atoms with Gasteiger partial charge in [0.05, 0.1) is 0 Å². The van der Waals surface area contributed by atoms with Crippen LogP contribution in [0.4, 0.5) is 0 Å². The first-order valence-electron chi connectivity index (χ1n) is 10.1. The van der Waals surface area contributed by atoms with E-state index in [9.17, 15) is 0 Å². The van der Waals surface area contributed by atoms with E-state index < -0.39 is 0 Å². The topological polar surface area (TPSA) is 13.1 Å². The lowest BCUT2D eigenvalue weighted by atomic mass is 9.99. The van der Waals surface area contributed by atoms with Gasteiger partial charge in [-0.15, -0.1) is 0 Å². The maximum absolute atomic E-state index is 6.59. The quantitative estimate of drug-likeness (QED) is 0.264. The molecule has 0 bridgehead atoms. The summed E-state index contributed by atoms with van der Waals surface area (Å²) in [5, 5.41) is 1.82. The number of hydrogen-bond acceptors (Lipinski definition) is 3. The van der Waals surface area contributed by atoms with Gasteiger partial charge < -0.3 is 4.42 Å². The molecule has 31 heavy (non-hydrogen) atoms. The number of furan rings is 1. The maximum atomic E-state index is 6.59. The van der Waals surface area contributed by atoms with Crippen molar-refractivity contribution in [3.63, 3.8) is 0 Å². The van der Waals surface area contributed by atoms with Crippen LogP contribution >= 0.6 is 23.5 Å². The van der Waals surface area contributed by atoms with E-state index in [4.69, 9.17) is 4.42 Å². The van der Waals surface area contributed by atoms with Crippen molar-refractivity contribution in [3.8, 4) is 22.3 Å². The second-order valence-electron chi connectivity index (χ2n) is 6.99. The van der Waals surface area contributed by atoms with Crippen LogP contribution in [0.5, 0.6) is 0 Å². The third-order valence-electron chi connectivity index (χ3n) is 4.88. The zero-order valence-corrected chi connectivity index (χ0v) is 18.4. The smallest absolute Gasteiger partial charge is 0.175 e. The molecule has 0 N–H and O–H groups in total. The first-order chi connectivity index (χ1) is 15.4. The van der Waals surface area contributed by atoms with Crippen LogP contribution in [0.15, 0.2) is 146 Å². The van der Waals surface area contributed by atoms with Gasteiger partial charge in [0.15, 0.2) is 10.2 Å². The molecular weight excluding hydrogens is 416 g/mol. The molecule has 1 aromatic heterocycles. The summed E-state index contributed by atoms with van der Waals surface area (Å²) in [6.07, 6.45) is 0. The van der Waals surface area contributed by atoms with Crippen LogP contribution in [-0.2, 0) is 0 Å². The molecule has 0 fully saturated rings. The summed E-state index contributed by atoms with van der Waals surface area (Å²) in [6.45, 7) is 0. The van der Waals surface area contributed by atoms with Gasteiger partial charge in [0, 0.05) is 20.9 Å². The predicted octanol–water partition coefficient (Wildman–Crippen LogP) is 8.92. The summed E-state index contributed by atoms with van der Waals surface area (Å²) >= 11 is 3.34. The normalized spacial score (nSPS) is 10.8. The second-order valence-corrected chi connectivity index (χ2v) is 9.08. The monoisotopic (exact) mass is 436 g/mol. The van der Waals surface area contributed by atoms with Crippen molar-refractivity contribution in [2.75, 3.05) is 0 Å². The Balaban J connectivity index is 1.72. The molecule has 150 valence electrons. The van der Waals surface area contributed by atoms with Crippen molar-refractivity contribution in [2.45, 2.75) is 20.0 Å². The van der Waals surface area contributed by atoms with Gasteiger partial charge in [0.2, 0.25) is 0 Å². The lowest BCUT2D eigenvalue weighted by molar-refractivity contribution is 0.399. The molecule has 0 saturated heterocycles. The molecule has 4 aromatic carbocycles. The lowest BCUT2D eigenvalue weighted by Crippen LogP contribution is -1.84. The maximum Gasteiger partial charge on any atom is 0.175 e. The molecule has 0 amide bonds. The minimum Gasteiger partial charge on any atom is -0.442 e. The number of benzene rings is 4. The van der Waals surface area contributed by atoms with Crippen molar-refractivity contribution in [1.82, 2.24) is 0 Å². The minimum absolute atomic E-state index is 0.912. The Labute approximate surface area is 191 Å². The van der Waals surface area contributed by atoms with Crippen molar-refractivity contribution in [3.05, 3.63) is 121 Å². The van der Waals surface area contributed by atoms with E-state index in [-0.39, 0.29) is 0 Å². The van der Waals surface area contributed by atoms with Crippen LogP contribution in [0.25, 0.3) is 22.3 Å². The van der Waals surface area contributed by atoms with Gasteiger partial charge in [-0.05, 0) is 35.4 Å². The molecule has 0 aliphatic rings. The third-order valence-corrected chi connectivity index (χ3v) is 6.84. The van der Waals surface area contributed by atoms with E-state index in [1.54, 1.807) is 23.5 Å². The Morgan fingerprint density at radius 1 is 0.387 bits per heavy atom. The van der Waals surface area contributed by atoms with Crippen molar-refractivity contribution in [1.29, 1.82) is 0 Å². The van der Waals surface area contributed by atoms with Crippen LogP contribution in [0.1, 0.15) is 0 Å². The molecule has 0 saturated carbocycles. The summed E-state index contributed by atoms with van der Waals surface area (Å²) in [5.41, 5.74) is 4.59. The van der Waals surface area contributed by atoms with Gasteiger partial charge in [-0.1, -0.05) is 121 Å². The fourth-order valence-corrected chi connectivity index (χ4v) is 5.42. The first kappa shape index (κ1) is 19.8. The van der Waals surface area contributed by atoms with E-state index >= 15 is 0 Å². The average Bonchev–Trinajstić information content (AvgIpc) is 3.19. The van der Waals surface area contributed by atoms with Gasteiger partial charge in [-0.25, -0.2) is 0 Å². The van der Waals surface area contributed by atoms with E-state index in [0.717, 1.165) is 42.2 Å².